The van der Waals surface area contributed by atoms with Crippen molar-refractivity contribution in [1.82, 2.24) is 19.8 Å². The van der Waals surface area contributed by atoms with Crippen LogP contribution < -0.4 is 14.5 Å². The van der Waals surface area contributed by atoms with Crippen molar-refractivity contribution in [3.8, 4) is 12.1 Å². The van der Waals surface area contributed by atoms with Gasteiger partial charge in [-0.05, 0) is 49.7 Å². The molecule has 0 saturated carbocycles. The molecule has 1 unspecified atom stereocenters. The number of aliphatic hydroxyl groups excluding tert-OH is 2. The molecule has 12 heteroatoms. The number of rotatable bonds is 10. The minimum Gasteiger partial charge on any atom is -0.462 e. The summed E-state index contributed by atoms with van der Waals surface area (Å²) in [4.78, 5) is 30.4. The molecule has 3 atom stereocenters. The lowest BCUT2D eigenvalue weighted by molar-refractivity contribution is -0.131. The summed E-state index contributed by atoms with van der Waals surface area (Å²) in [6.07, 6.45) is 1.79. The first-order valence-electron chi connectivity index (χ1n) is 16.3. The van der Waals surface area contributed by atoms with Gasteiger partial charge in [0, 0.05) is 55.4 Å². The monoisotopic (exact) mass is 643 g/mol. The standard InChI is InChI=1S/C35H42FN7O4/c1-23-6-3-7-25-8-4-10-31(32(23)25)41-15-12-29-30(20-41)38-35(47-22-27-9-5-14-40(27)19-28(45)21-44)39-33(29)42-16-17-43(34(46)24(2)36)26(18-42)11-13-37/h3-4,6-8,10,26-28,44-45H,2,5,9,11-12,14-22H2,1H3/t26-,27-,28?/m0/s1. The molecule has 6 rings (SSSR count). The van der Waals surface area contributed by atoms with Crippen molar-refractivity contribution in [2.75, 3.05) is 62.3 Å². The average Bonchev–Trinajstić information content (AvgIpc) is 3.52. The number of carbonyl (C=O) groups is 1. The molecule has 2 fully saturated rings. The number of carbonyl (C=O) groups excluding carboxylic acids is 1. The highest BCUT2D eigenvalue weighted by molar-refractivity contribution is 5.97. The molecule has 0 spiro atoms. The Morgan fingerprint density at radius 1 is 1.15 bits per heavy atom. The number of nitriles is 1. The molecule has 4 heterocycles. The molecule has 0 radical (unpaired) electrons. The molecule has 248 valence electrons. The molecule has 0 bridgehead atoms. The van der Waals surface area contributed by atoms with Crippen molar-refractivity contribution in [1.29, 1.82) is 5.26 Å². The number of anilines is 2. The Labute approximate surface area is 274 Å². The zero-order valence-corrected chi connectivity index (χ0v) is 26.8. The zero-order valence-electron chi connectivity index (χ0n) is 26.8. The van der Waals surface area contributed by atoms with Crippen molar-refractivity contribution >= 4 is 28.2 Å². The fourth-order valence-electron chi connectivity index (χ4n) is 7.26. The molecule has 1 aromatic heterocycles. The van der Waals surface area contributed by atoms with E-state index in [4.69, 9.17) is 14.7 Å². The summed E-state index contributed by atoms with van der Waals surface area (Å²) in [5, 5.41) is 31.3. The first-order valence-corrected chi connectivity index (χ1v) is 16.3. The quantitative estimate of drug-likeness (QED) is 0.318. The Morgan fingerprint density at radius 2 is 1.96 bits per heavy atom. The van der Waals surface area contributed by atoms with Gasteiger partial charge in [-0.15, -0.1) is 0 Å². The molecule has 11 nitrogen and oxygen atoms in total. The molecule has 0 aliphatic carbocycles. The van der Waals surface area contributed by atoms with Gasteiger partial charge in [-0.3, -0.25) is 9.69 Å². The van der Waals surface area contributed by atoms with Gasteiger partial charge < -0.3 is 29.6 Å². The zero-order chi connectivity index (χ0) is 33.1. The number of hydrogen-bond acceptors (Lipinski definition) is 10. The van der Waals surface area contributed by atoms with Crippen LogP contribution in [0.2, 0.25) is 0 Å². The van der Waals surface area contributed by atoms with E-state index < -0.39 is 23.9 Å². The summed E-state index contributed by atoms with van der Waals surface area (Å²) < 4.78 is 20.2. The number of β-amino-alcohol motifs (C(OH)–C–C–N with tert-alkyl or cyclic N) is 1. The van der Waals surface area contributed by atoms with E-state index in [0.717, 1.165) is 42.9 Å². The molecule has 2 saturated heterocycles. The fourth-order valence-corrected chi connectivity index (χ4v) is 7.26. The molecular weight excluding hydrogens is 601 g/mol. The summed E-state index contributed by atoms with van der Waals surface area (Å²) in [6.45, 7) is 8.79. The maximum Gasteiger partial charge on any atom is 0.318 e. The first kappa shape index (κ1) is 32.6. The number of fused-ring (bicyclic) bond motifs is 2. The topological polar surface area (TPSA) is 129 Å². The largest absolute Gasteiger partial charge is 0.462 e. The predicted molar refractivity (Wildman–Crippen MR) is 177 cm³/mol. The minimum absolute atomic E-state index is 0.0531. The number of aromatic nitrogens is 2. The van der Waals surface area contributed by atoms with Gasteiger partial charge in [-0.25, -0.2) is 4.39 Å². The minimum atomic E-state index is -1.03. The van der Waals surface area contributed by atoms with Crippen LogP contribution in [0.25, 0.3) is 10.8 Å². The lowest BCUT2D eigenvalue weighted by Gasteiger charge is -2.42. The second-order valence-corrected chi connectivity index (χ2v) is 12.7. The van der Waals surface area contributed by atoms with E-state index in [9.17, 15) is 24.7 Å². The number of nitrogens with zero attached hydrogens (tertiary/aromatic N) is 7. The number of benzene rings is 2. The van der Waals surface area contributed by atoms with Crippen molar-refractivity contribution in [2.24, 2.45) is 0 Å². The number of piperazine rings is 1. The second-order valence-electron chi connectivity index (χ2n) is 12.7. The van der Waals surface area contributed by atoms with Gasteiger partial charge in [-0.1, -0.05) is 36.9 Å². The summed E-state index contributed by atoms with van der Waals surface area (Å²) in [5.74, 6) is -1.10. The summed E-state index contributed by atoms with van der Waals surface area (Å²) >= 11 is 0. The van der Waals surface area contributed by atoms with Crippen molar-refractivity contribution in [3.05, 3.63) is 65.6 Å². The number of hydrogen-bond donors (Lipinski definition) is 2. The number of aryl methyl sites for hydroxylation is 1. The summed E-state index contributed by atoms with van der Waals surface area (Å²) in [6, 6.07) is 14.6. The lowest BCUT2D eigenvalue weighted by Crippen LogP contribution is -2.55. The van der Waals surface area contributed by atoms with Crippen molar-refractivity contribution in [3.63, 3.8) is 0 Å². The highest BCUT2D eigenvalue weighted by Gasteiger charge is 2.35. The maximum atomic E-state index is 13.9. The van der Waals surface area contributed by atoms with E-state index in [0.29, 0.717) is 45.0 Å². The number of likely N-dealkylation sites (tertiary alicyclic amines) is 1. The molecular formula is C35H42FN7O4. The van der Waals surface area contributed by atoms with E-state index in [1.165, 1.54) is 21.2 Å². The molecule has 2 N–H and O–H groups in total. The van der Waals surface area contributed by atoms with Crippen LogP contribution in [0.3, 0.4) is 0 Å². The SMILES string of the molecule is C=C(F)C(=O)N1CCN(c2nc(OC[C@@H]3CCCN3CC(O)CO)nc3c2CCN(c2cccc4cccc(C)c24)C3)C[C@@H]1CC#N. The van der Waals surface area contributed by atoms with Crippen LogP contribution in [0.4, 0.5) is 15.9 Å². The molecule has 2 aromatic carbocycles. The van der Waals surface area contributed by atoms with Gasteiger partial charge >= 0.3 is 6.01 Å². The van der Waals surface area contributed by atoms with Gasteiger partial charge in [0.15, 0.2) is 5.83 Å². The van der Waals surface area contributed by atoms with Gasteiger partial charge in [0.05, 0.1) is 43.5 Å². The first-order chi connectivity index (χ1) is 22.8. The van der Waals surface area contributed by atoms with E-state index in [1.54, 1.807) is 0 Å². The lowest BCUT2D eigenvalue weighted by atomic mass is 9.99. The molecule has 3 aliphatic rings. The number of amides is 1. The van der Waals surface area contributed by atoms with E-state index in [1.807, 2.05) is 0 Å². The van der Waals surface area contributed by atoms with Crippen LogP contribution in [0, 0.1) is 18.3 Å². The van der Waals surface area contributed by atoms with Crippen LogP contribution in [-0.2, 0) is 17.8 Å². The predicted octanol–water partition coefficient (Wildman–Crippen LogP) is 3.11. The van der Waals surface area contributed by atoms with Crippen LogP contribution in [0.5, 0.6) is 6.01 Å². The summed E-state index contributed by atoms with van der Waals surface area (Å²) in [5.41, 5.74) is 4.21. The Hall–Kier alpha value is -4.31. The van der Waals surface area contributed by atoms with E-state index >= 15 is 0 Å². The summed E-state index contributed by atoms with van der Waals surface area (Å²) in [7, 11) is 0. The Balaban J connectivity index is 1.32. The van der Waals surface area contributed by atoms with E-state index in [-0.39, 0.29) is 31.6 Å². The number of halogens is 1. The normalized spacial score (nSPS) is 20.6. The van der Waals surface area contributed by atoms with Crippen LogP contribution in [-0.4, -0.2) is 107 Å². The van der Waals surface area contributed by atoms with Gasteiger partial charge in [0.25, 0.3) is 5.91 Å². The molecule has 47 heavy (non-hydrogen) atoms. The van der Waals surface area contributed by atoms with Gasteiger partial charge in [0.1, 0.15) is 12.4 Å². The van der Waals surface area contributed by atoms with Crippen LogP contribution in [0.15, 0.2) is 48.8 Å². The number of aliphatic hydroxyl groups is 2. The maximum absolute atomic E-state index is 13.9. The van der Waals surface area contributed by atoms with Crippen molar-refractivity contribution < 1.29 is 24.1 Å². The highest BCUT2D eigenvalue weighted by Crippen LogP contribution is 2.36. The van der Waals surface area contributed by atoms with Gasteiger partial charge in [-0.2, -0.15) is 15.2 Å². The highest BCUT2D eigenvalue weighted by atomic mass is 19.1. The van der Waals surface area contributed by atoms with Crippen LogP contribution in [0.1, 0.15) is 36.1 Å². The second kappa shape index (κ2) is 14.2. The fraction of sp³-hybridized carbons (Fsp3) is 0.486. The molecule has 3 aromatic rings. The van der Waals surface area contributed by atoms with Gasteiger partial charge in [0.2, 0.25) is 0 Å². The Kier molecular flexibility index (Phi) is 9.87. The number of ether oxygens (including phenoxy) is 1. The van der Waals surface area contributed by atoms with Crippen LogP contribution >= 0.6 is 0 Å². The average molecular weight is 644 g/mol. The third-order valence-corrected chi connectivity index (χ3v) is 9.62. The smallest absolute Gasteiger partial charge is 0.318 e. The molecule has 1 amide bonds. The molecule has 3 aliphatic heterocycles. The third-order valence-electron chi connectivity index (χ3n) is 9.62. The third kappa shape index (κ3) is 6.88. The Bertz CT molecular complexity index is 1670. The van der Waals surface area contributed by atoms with Crippen molar-refractivity contribution in [2.45, 2.75) is 57.3 Å². The van der Waals surface area contributed by atoms with E-state index in [2.05, 4.69) is 70.7 Å². The Morgan fingerprint density at radius 3 is 2.72 bits per heavy atom.